The number of carbonyl (C=O) groups excluding carboxylic acids is 1. The lowest BCUT2D eigenvalue weighted by atomic mass is 10.2. The zero-order chi connectivity index (χ0) is 12.1. The van der Waals surface area contributed by atoms with Crippen molar-refractivity contribution in [3.8, 4) is 0 Å². The van der Waals surface area contributed by atoms with Crippen molar-refractivity contribution in [2.75, 3.05) is 13.7 Å². The maximum atomic E-state index is 11.6. The van der Waals surface area contributed by atoms with Crippen molar-refractivity contribution < 1.29 is 24.2 Å². The summed E-state index contributed by atoms with van der Waals surface area (Å²) in [6, 6.07) is -0.107. The minimum absolute atomic E-state index is 0.107. The van der Waals surface area contributed by atoms with Gasteiger partial charge in [-0.15, -0.1) is 0 Å². The van der Waals surface area contributed by atoms with Crippen molar-refractivity contribution in [3.63, 3.8) is 0 Å². The summed E-state index contributed by atoms with van der Waals surface area (Å²) in [6.45, 7) is 2.23. The molecule has 0 saturated carbocycles. The summed E-state index contributed by atoms with van der Waals surface area (Å²) in [4.78, 5) is 22.2. The Kier molecular flexibility index (Phi) is 4.70. The Morgan fingerprint density at radius 2 is 2.12 bits per heavy atom. The standard InChI is InChI=1S/C10H17NO5/c1-6(5-15-2)11-9(12)7-3-4-8(16-7)10(13)14/h6-8H,3-5H2,1-2H3,(H,11,12)(H,13,14)/t6-,7+,8-/m1/s1. The van der Waals surface area contributed by atoms with E-state index in [2.05, 4.69) is 5.32 Å². The van der Waals surface area contributed by atoms with Crippen molar-refractivity contribution in [2.45, 2.75) is 38.0 Å². The van der Waals surface area contributed by atoms with Crippen LogP contribution in [0.3, 0.4) is 0 Å². The van der Waals surface area contributed by atoms with Gasteiger partial charge in [0.05, 0.1) is 6.61 Å². The van der Waals surface area contributed by atoms with Gasteiger partial charge in [0.25, 0.3) is 0 Å². The van der Waals surface area contributed by atoms with Gasteiger partial charge in [-0.25, -0.2) is 4.79 Å². The number of aliphatic carboxylic acids is 1. The Labute approximate surface area is 93.9 Å². The molecule has 1 rings (SSSR count). The summed E-state index contributed by atoms with van der Waals surface area (Å²) < 4.78 is 9.99. The minimum atomic E-state index is -1.01. The first kappa shape index (κ1) is 12.9. The number of hydrogen-bond donors (Lipinski definition) is 2. The van der Waals surface area contributed by atoms with E-state index < -0.39 is 18.2 Å². The number of ether oxygens (including phenoxy) is 2. The van der Waals surface area contributed by atoms with Crippen molar-refractivity contribution in [1.29, 1.82) is 0 Å². The van der Waals surface area contributed by atoms with E-state index in [0.29, 0.717) is 19.4 Å². The van der Waals surface area contributed by atoms with E-state index in [1.165, 1.54) is 0 Å². The molecule has 0 radical (unpaired) electrons. The smallest absolute Gasteiger partial charge is 0.332 e. The third kappa shape index (κ3) is 3.46. The molecule has 0 aromatic heterocycles. The number of carboxylic acid groups (broad SMARTS) is 1. The Morgan fingerprint density at radius 3 is 2.62 bits per heavy atom. The quantitative estimate of drug-likeness (QED) is 0.682. The fourth-order valence-electron chi connectivity index (χ4n) is 1.64. The van der Waals surface area contributed by atoms with Gasteiger partial charge in [-0.2, -0.15) is 0 Å². The largest absolute Gasteiger partial charge is 0.479 e. The molecule has 0 spiro atoms. The summed E-state index contributed by atoms with van der Waals surface area (Å²) in [5, 5.41) is 11.4. The Bertz CT molecular complexity index is 268. The second-order valence-corrected chi connectivity index (χ2v) is 3.89. The second-order valence-electron chi connectivity index (χ2n) is 3.89. The molecule has 1 heterocycles. The van der Waals surface area contributed by atoms with Crippen LogP contribution in [0.25, 0.3) is 0 Å². The molecule has 1 fully saturated rings. The van der Waals surface area contributed by atoms with Gasteiger partial charge in [0.2, 0.25) is 5.91 Å². The molecule has 16 heavy (non-hydrogen) atoms. The van der Waals surface area contributed by atoms with Crippen LogP contribution in [0.2, 0.25) is 0 Å². The molecule has 1 aliphatic rings. The molecule has 1 saturated heterocycles. The van der Waals surface area contributed by atoms with Crippen LogP contribution in [0.1, 0.15) is 19.8 Å². The van der Waals surface area contributed by atoms with Gasteiger partial charge in [0.1, 0.15) is 6.10 Å². The first-order valence-corrected chi connectivity index (χ1v) is 5.22. The predicted octanol–water partition coefficient (Wildman–Crippen LogP) is -0.230. The summed E-state index contributed by atoms with van der Waals surface area (Å²) in [5.74, 6) is -1.28. The van der Waals surface area contributed by atoms with Crippen LogP contribution >= 0.6 is 0 Å². The summed E-state index contributed by atoms with van der Waals surface area (Å²) in [6.07, 6.45) is -0.678. The molecule has 0 aromatic carbocycles. The number of rotatable bonds is 5. The third-order valence-electron chi connectivity index (χ3n) is 2.39. The minimum Gasteiger partial charge on any atom is -0.479 e. The second kappa shape index (κ2) is 5.81. The van der Waals surface area contributed by atoms with Gasteiger partial charge in [-0.1, -0.05) is 0 Å². The van der Waals surface area contributed by atoms with Crippen molar-refractivity contribution in [1.82, 2.24) is 5.32 Å². The molecule has 0 aliphatic carbocycles. The van der Waals surface area contributed by atoms with Crippen molar-refractivity contribution >= 4 is 11.9 Å². The average molecular weight is 231 g/mol. The monoisotopic (exact) mass is 231 g/mol. The topological polar surface area (TPSA) is 84.9 Å². The molecule has 6 heteroatoms. The molecule has 0 aromatic rings. The lowest BCUT2D eigenvalue weighted by molar-refractivity contribution is -0.152. The van der Waals surface area contributed by atoms with E-state index in [0.717, 1.165) is 0 Å². The number of methoxy groups -OCH3 is 1. The average Bonchev–Trinajstić information content (AvgIpc) is 2.66. The first-order chi connectivity index (χ1) is 7.54. The van der Waals surface area contributed by atoms with Crippen LogP contribution in [0.4, 0.5) is 0 Å². The van der Waals surface area contributed by atoms with Gasteiger partial charge < -0.3 is 19.9 Å². The lowest BCUT2D eigenvalue weighted by Crippen LogP contribution is -2.42. The number of carbonyl (C=O) groups is 2. The first-order valence-electron chi connectivity index (χ1n) is 5.22. The zero-order valence-electron chi connectivity index (χ0n) is 9.43. The van der Waals surface area contributed by atoms with Crippen LogP contribution in [0.15, 0.2) is 0 Å². The molecular weight excluding hydrogens is 214 g/mol. The van der Waals surface area contributed by atoms with Gasteiger partial charge in [-0.3, -0.25) is 4.79 Å². The number of hydrogen-bond acceptors (Lipinski definition) is 4. The van der Waals surface area contributed by atoms with Crippen LogP contribution in [0.5, 0.6) is 0 Å². The molecule has 0 unspecified atom stereocenters. The SMILES string of the molecule is COC[C@@H](C)NC(=O)[C@@H]1CC[C@H](C(=O)O)O1. The summed E-state index contributed by atoms with van der Waals surface area (Å²) in [7, 11) is 1.55. The highest BCUT2D eigenvalue weighted by Crippen LogP contribution is 2.19. The molecule has 1 aliphatic heterocycles. The van der Waals surface area contributed by atoms with Crippen molar-refractivity contribution in [2.24, 2.45) is 0 Å². The van der Waals surface area contributed by atoms with E-state index in [1.807, 2.05) is 6.92 Å². The maximum Gasteiger partial charge on any atom is 0.332 e. The maximum absolute atomic E-state index is 11.6. The van der Waals surface area contributed by atoms with Gasteiger partial charge in [-0.05, 0) is 19.8 Å². The number of carboxylic acids is 1. The molecule has 1 amide bonds. The Balaban J connectivity index is 2.36. The van der Waals surface area contributed by atoms with Crippen LogP contribution in [-0.4, -0.2) is 48.9 Å². The third-order valence-corrected chi connectivity index (χ3v) is 2.39. The highest BCUT2D eigenvalue weighted by atomic mass is 16.5. The normalized spacial score (nSPS) is 26.4. The fourth-order valence-corrected chi connectivity index (χ4v) is 1.64. The highest BCUT2D eigenvalue weighted by molar-refractivity contribution is 5.82. The zero-order valence-corrected chi connectivity index (χ0v) is 9.43. The summed E-state index contributed by atoms with van der Waals surface area (Å²) in [5.41, 5.74) is 0. The van der Waals surface area contributed by atoms with E-state index >= 15 is 0 Å². The highest BCUT2D eigenvalue weighted by Gasteiger charge is 2.34. The van der Waals surface area contributed by atoms with Crippen LogP contribution in [-0.2, 0) is 19.1 Å². The molecule has 6 nitrogen and oxygen atoms in total. The Morgan fingerprint density at radius 1 is 1.50 bits per heavy atom. The van der Waals surface area contributed by atoms with Gasteiger partial charge in [0, 0.05) is 13.2 Å². The number of amides is 1. The van der Waals surface area contributed by atoms with Crippen molar-refractivity contribution in [3.05, 3.63) is 0 Å². The summed E-state index contributed by atoms with van der Waals surface area (Å²) >= 11 is 0. The molecule has 3 atom stereocenters. The van der Waals surface area contributed by atoms with E-state index in [9.17, 15) is 9.59 Å². The number of nitrogens with one attached hydrogen (secondary N) is 1. The fraction of sp³-hybridized carbons (Fsp3) is 0.800. The van der Waals surface area contributed by atoms with Crippen LogP contribution in [0, 0.1) is 0 Å². The predicted molar refractivity (Wildman–Crippen MR) is 55.0 cm³/mol. The Hall–Kier alpha value is -1.14. The molecule has 2 N–H and O–H groups in total. The lowest BCUT2D eigenvalue weighted by Gasteiger charge is -2.16. The van der Waals surface area contributed by atoms with Crippen LogP contribution < -0.4 is 5.32 Å². The van der Waals surface area contributed by atoms with Gasteiger partial charge in [0.15, 0.2) is 6.10 Å². The van der Waals surface area contributed by atoms with E-state index in [-0.39, 0.29) is 11.9 Å². The van der Waals surface area contributed by atoms with E-state index in [4.69, 9.17) is 14.6 Å². The van der Waals surface area contributed by atoms with Gasteiger partial charge >= 0.3 is 5.97 Å². The molecule has 0 bridgehead atoms. The molecular formula is C10H17NO5. The van der Waals surface area contributed by atoms with E-state index in [1.54, 1.807) is 7.11 Å². The molecule has 92 valence electrons.